The van der Waals surface area contributed by atoms with Gasteiger partial charge in [-0.2, -0.15) is 0 Å². The molecule has 1 fully saturated rings. The highest BCUT2D eigenvalue weighted by molar-refractivity contribution is 7.17. The van der Waals surface area contributed by atoms with E-state index in [2.05, 4.69) is 4.98 Å². The topological polar surface area (TPSA) is 106 Å². The molecule has 1 amide bonds. The second-order valence-corrected chi connectivity index (χ2v) is 9.87. The Morgan fingerprint density at radius 1 is 1.19 bits per heavy atom. The van der Waals surface area contributed by atoms with Gasteiger partial charge in [0, 0.05) is 10.6 Å². The Kier molecular flexibility index (Phi) is 7.65. The molecule has 10 heteroatoms. The molecule has 1 aromatic heterocycles. The second-order valence-electron chi connectivity index (χ2n) is 8.46. The molecule has 0 saturated carbocycles. The van der Waals surface area contributed by atoms with E-state index in [0.717, 1.165) is 23.3 Å². The molecule has 4 rings (SSSR count). The SMILES string of the molecule is CCCOc1ccc(C(O)=C2C(=O)C(=O)N(c3nc(C)c(C(=O)OC)s3)[C@@H]2c2cccc(Cl)c2)cc1C. The van der Waals surface area contributed by atoms with E-state index in [4.69, 9.17) is 21.1 Å². The van der Waals surface area contributed by atoms with Gasteiger partial charge in [0.2, 0.25) is 0 Å². The van der Waals surface area contributed by atoms with Crippen molar-refractivity contribution >= 4 is 51.5 Å². The summed E-state index contributed by atoms with van der Waals surface area (Å²) >= 11 is 7.18. The van der Waals surface area contributed by atoms with Crippen molar-refractivity contribution in [1.82, 2.24) is 4.98 Å². The standard InChI is InChI=1S/C27H25ClN2O6S/c1-5-11-36-19-10-9-17(12-14(19)2)22(31)20-21(16-7-6-8-18(28)13-16)30(25(33)23(20)32)27-29-15(3)24(37-27)26(34)35-4/h6-10,12-13,21,31H,5,11H2,1-4H3/t21-/m1/s1. The average Bonchev–Trinajstić information content (AvgIpc) is 3.39. The van der Waals surface area contributed by atoms with Gasteiger partial charge in [-0.3, -0.25) is 14.5 Å². The van der Waals surface area contributed by atoms with Crippen molar-refractivity contribution in [3.05, 3.63) is 80.3 Å². The third-order valence-electron chi connectivity index (χ3n) is 5.88. The molecule has 1 saturated heterocycles. The molecule has 2 aromatic carbocycles. The summed E-state index contributed by atoms with van der Waals surface area (Å²) in [5.74, 6) is -2.02. The fourth-order valence-electron chi connectivity index (χ4n) is 4.12. The van der Waals surface area contributed by atoms with Gasteiger partial charge in [0.1, 0.15) is 16.4 Å². The van der Waals surface area contributed by atoms with Crippen LogP contribution in [-0.2, 0) is 14.3 Å². The number of amides is 1. The molecule has 8 nitrogen and oxygen atoms in total. The molecule has 0 aliphatic carbocycles. The number of carbonyl (C=O) groups excluding carboxylic acids is 3. The van der Waals surface area contributed by atoms with Gasteiger partial charge in [-0.05, 0) is 61.7 Å². The molecule has 37 heavy (non-hydrogen) atoms. The number of aryl methyl sites for hydroxylation is 2. The molecule has 0 spiro atoms. The highest BCUT2D eigenvalue weighted by Crippen LogP contribution is 2.44. The van der Waals surface area contributed by atoms with Crippen molar-refractivity contribution in [3.8, 4) is 5.75 Å². The van der Waals surface area contributed by atoms with E-state index in [-0.39, 0.29) is 21.3 Å². The first-order valence-corrected chi connectivity index (χ1v) is 12.7. The van der Waals surface area contributed by atoms with Gasteiger partial charge in [0.05, 0.1) is 31.0 Å². The number of hydrogen-bond donors (Lipinski definition) is 1. The van der Waals surface area contributed by atoms with E-state index >= 15 is 0 Å². The summed E-state index contributed by atoms with van der Waals surface area (Å²) in [6.07, 6.45) is 0.845. The lowest BCUT2D eigenvalue weighted by atomic mass is 9.95. The maximum absolute atomic E-state index is 13.4. The normalized spacial score (nSPS) is 16.8. The number of halogens is 1. The Bertz CT molecular complexity index is 1430. The van der Waals surface area contributed by atoms with Crippen LogP contribution in [0.5, 0.6) is 5.75 Å². The van der Waals surface area contributed by atoms with Crippen molar-refractivity contribution < 1.29 is 29.0 Å². The van der Waals surface area contributed by atoms with Gasteiger partial charge in [-0.25, -0.2) is 9.78 Å². The number of esters is 1. The molecule has 1 atom stereocenters. The van der Waals surface area contributed by atoms with Crippen LogP contribution in [0.4, 0.5) is 5.13 Å². The van der Waals surface area contributed by atoms with Crippen molar-refractivity contribution in [2.24, 2.45) is 0 Å². The zero-order chi connectivity index (χ0) is 26.9. The minimum atomic E-state index is -1.02. The number of hydrogen-bond acceptors (Lipinski definition) is 8. The van der Waals surface area contributed by atoms with Crippen LogP contribution in [-0.4, -0.2) is 41.5 Å². The largest absolute Gasteiger partial charge is 0.507 e. The fourth-order valence-corrected chi connectivity index (χ4v) is 5.33. The molecule has 0 radical (unpaired) electrons. The smallest absolute Gasteiger partial charge is 0.350 e. The summed E-state index contributed by atoms with van der Waals surface area (Å²) in [5.41, 5.74) is 1.87. The number of benzene rings is 2. The number of nitrogens with zero attached hydrogens (tertiary/aromatic N) is 2. The first-order valence-electron chi connectivity index (χ1n) is 11.5. The molecule has 1 aliphatic heterocycles. The molecule has 0 bridgehead atoms. The second kappa shape index (κ2) is 10.7. The van der Waals surface area contributed by atoms with Crippen LogP contribution in [0.3, 0.4) is 0 Å². The minimum absolute atomic E-state index is 0.110. The first-order chi connectivity index (χ1) is 17.7. The Morgan fingerprint density at radius 3 is 2.59 bits per heavy atom. The average molecular weight is 541 g/mol. The van der Waals surface area contributed by atoms with Crippen LogP contribution < -0.4 is 9.64 Å². The number of methoxy groups -OCH3 is 1. The summed E-state index contributed by atoms with van der Waals surface area (Å²) in [6, 6.07) is 10.7. The third kappa shape index (κ3) is 4.97. The summed E-state index contributed by atoms with van der Waals surface area (Å²) in [6.45, 7) is 6.00. The molecule has 1 aliphatic rings. The molecule has 192 valence electrons. The van der Waals surface area contributed by atoms with E-state index in [9.17, 15) is 19.5 Å². The predicted molar refractivity (Wildman–Crippen MR) is 141 cm³/mol. The Hall–Kier alpha value is -3.69. The summed E-state index contributed by atoms with van der Waals surface area (Å²) in [5, 5.41) is 11.9. The van der Waals surface area contributed by atoms with Crippen LogP contribution in [0.25, 0.3) is 5.76 Å². The molecule has 1 N–H and O–H groups in total. The number of aromatic nitrogens is 1. The van der Waals surface area contributed by atoms with E-state index in [1.807, 2.05) is 13.8 Å². The Labute approximate surface area is 223 Å². The molecule has 3 aromatic rings. The first kappa shape index (κ1) is 26.4. The highest BCUT2D eigenvalue weighted by Gasteiger charge is 2.48. The number of ether oxygens (including phenoxy) is 2. The molecular formula is C27H25ClN2O6S. The zero-order valence-corrected chi connectivity index (χ0v) is 22.3. The third-order valence-corrected chi connectivity index (χ3v) is 7.25. The highest BCUT2D eigenvalue weighted by atomic mass is 35.5. The number of aliphatic hydroxyl groups excluding tert-OH is 1. The quantitative estimate of drug-likeness (QED) is 0.179. The van der Waals surface area contributed by atoms with Gasteiger partial charge in [-0.1, -0.05) is 42.0 Å². The Morgan fingerprint density at radius 2 is 1.95 bits per heavy atom. The maximum Gasteiger partial charge on any atom is 0.350 e. The fraction of sp³-hybridized carbons (Fsp3) is 0.259. The summed E-state index contributed by atoms with van der Waals surface area (Å²) in [4.78, 5) is 44.7. The van der Waals surface area contributed by atoms with E-state index < -0.39 is 23.7 Å². The number of Topliss-reactive ketones (excluding diaryl/α,β-unsaturated/α-hetero) is 1. The van der Waals surface area contributed by atoms with E-state index in [0.29, 0.717) is 34.2 Å². The summed E-state index contributed by atoms with van der Waals surface area (Å²) in [7, 11) is 1.25. The van der Waals surface area contributed by atoms with Gasteiger partial charge in [-0.15, -0.1) is 0 Å². The lowest BCUT2D eigenvalue weighted by molar-refractivity contribution is -0.132. The minimum Gasteiger partial charge on any atom is -0.507 e. The van der Waals surface area contributed by atoms with Crippen LogP contribution in [0, 0.1) is 13.8 Å². The van der Waals surface area contributed by atoms with Gasteiger partial charge < -0.3 is 14.6 Å². The van der Waals surface area contributed by atoms with Crippen LogP contribution in [0.15, 0.2) is 48.0 Å². The number of aliphatic hydroxyl groups is 1. The number of thiazole rings is 1. The van der Waals surface area contributed by atoms with Crippen molar-refractivity contribution in [3.63, 3.8) is 0 Å². The number of ketones is 1. The number of carbonyl (C=O) groups is 3. The molecular weight excluding hydrogens is 516 g/mol. The number of rotatable bonds is 7. The molecule has 0 unspecified atom stereocenters. The molecule has 2 heterocycles. The monoisotopic (exact) mass is 540 g/mol. The van der Waals surface area contributed by atoms with Crippen molar-refractivity contribution in [2.75, 3.05) is 18.6 Å². The van der Waals surface area contributed by atoms with Gasteiger partial charge >= 0.3 is 11.9 Å². The lowest BCUT2D eigenvalue weighted by Crippen LogP contribution is -2.29. The Balaban J connectivity index is 1.89. The van der Waals surface area contributed by atoms with Crippen LogP contribution in [0.2, 0.25) is 5.02 Å². The summed E-state index contributed by atoms with van der Waals surface area (Å²) < 4.78 is 10.5. The van der Waals surface area contributed by atoms with E-state index in [1.165, 1.54) is 12.0 Å². The maximum atomic E-state index is 13.4. The van der Waals surface area contributed by atoms with Gasteiger partial charge in [0.25, 0.3) is 5.78 Å². The van der Waals surface area contributed by atoms with Crippen molar-refractivity contribution in [1.29, 1.82) is 0 Å². The lowest BCUT2D eigenvalue weighted by Gasteiger charge is -2.23. The van der Waals surface area contributed by atoms with Crippen molar-refractivity contribution in [2.45, 2.75) is 33.2 Å². The number of anilines is 1. The van der Waals surface area contributed by atoms with Gasteiger partial charge in [0.15, 0.2) is 5.13 Å². The van der Waals surface area contributed by atoms with Crippen LogP contribution in [0.1, 0.15) is 51.4 Å². The van der Waals surface area contributed by atoms with Crippen LogP contribution >= 0.6 is 22.9 Å². The zero-order valence-electron chi connectivity index (χ0n) is 20.7. The predicted octanol–water partition coefficient (Wildman–Crippen LogP) is 5.62. The van der Waals surface area contributed by atoms with E-state index in [1.54, 1.807) is 49.4 Å².